The molecule has 1 aliphatic carbocycles. The van der Waals surface area contributed by atoms with Crippen LogP contribution in [-0.2, 0) is 11.2 Å². The number of amides is 2. The van der Waals surface area contributed by atoms with Crippen LogP contribution in [0.3, 0.4) is 0 Å². The Hall–Kier alpha value is -3.88. The van der Waals surface area contributed by atoms with Crippen molar-refractivity contribution in [3.8, 4) is 28.7 Å². The number of benzene rings is 2. The van der Waals surface area contributed by atoms with Crippen LogP contribution in [0.2, 0.25) is 0 Å². The molecule has 9 nitrogen and oxygen atoms in total. The molecule has 1 fully saturated rings. The van der Waals surface area contributed by atoms with Gasteiger partial charge in [0.15, 0.2) is 23.0 Å². The highest BCUT2D eigenvalue weighted by atomic mass is 16.5. The maximum Gasteiger partial charge on any atom is 0.254 e. The molecule has 0 atom stereocenters. The van der Waals surface area contributed by atoms with Crippen LogP contribution < -0.4 is 23.7 Å². The molecule has 9 heteroatoms. The topological polar surface area (TPSA) is 86.8 Å². The number of methoxy groups -OCH3 is 5. The van der Waals surface area contributed by atoms with E-state index in [2.05, 4.69) is 0 Å². The van der Waals surface area contributed by atoms with E-state index in [0.717, 1.165) is 42.4 Å². The highest BCUT2D eigenvalue weighted by molar-refractivity contribution is 5.99. The molecule has 0 radical (unpaired) electrons. The number of ether oxygens (including phenoxy) is 5. The maximum absolute atomic E-state index is 13.5. The third-order valence-electron chi connectivity index (χ3n) is 7.16. The van der Waals surface area contributed by atoms with Crippen LogP contribution in [0.4, 0.5) is 0 Å². The molecule has 1 aliphatic heterocycles. The monoisotopic (exact) mass is 524 g/mol. The zero-order valence-electron chi connectivity index (χ0n) is 22.8. The largest absolute Gasteiger partial charge is 0.493 e. The summed E-state index contributed by atoms with van der Waals surface area (Å²) in [7, 11) is 7.80. The fourth-order valence-corrected chi connectivity index (χ4v) is 5.05. The van der Waals surface area contributed by atoms with Gasteiger partial charge < -0.3 is 33.5 Å². The molecular weight excluding hydrogens is 488 g/mol. The first-order valence-electron chi connectivity index (χ1n) is 12.8. The van der Waals surface area contributed by atoms with Gasteiger partial charge in [-0.1, -0.05) is 0 Å². The zero-order chi connectivity index (χ0) is 27.2. The van der Waals surface area contributed by atoms with Crippen LogP contribution >= 0.6 is 0 Å². The number of piperazine rings is 1. The van der Waals surface area contributed by atoms with Crippen molar-refractivity contribution in [2.45, 2.75) is 25.7 Å². The van der Waals surface area contributed by atoms with Crippen LogP contribution in [0.5, 0.6) is 28.7 Å². The Morgan fingerprint density at radius 2 is 1.16 bits per heavy atom. The van der Waals surface area contributed by atoms with Crippen molar-refractivity contribution in [3.63, 3.8) is 0 Å². The van der Waals surface area contributed by atoms with Gasteiger partial charge in [-0.15, -0.1) is 0 Å². The second kappa shape index (κ2) is 12.1. The van der Waals surface area contributed by atoms with Crippen molar-refractivity contribution < 1.29 is 33.3 Å². The molecule has 4 rings (SSSR count). The van der Waals surface area contributed by atoms with Gasteiger partial charge in [0, 0.05) is 37.3 Å². The van der Waals surface area contributed by atoms with E-state index in [1.54, 1.807) is 31.3 Å². The van der Waals surface area contributed by atoms with Crippen molar-refractivity contribution in [1.82, 2.24) is 9.80 Å². The van der Waals surface area contributed by atoms with Crippen molar-refractivity contribution in [3.05, 3.63) is 46.5 Å². The summed E-state index contributed by atoms with van der Waals surface area (Å²) in [5.74, 6) is 2.51. The number of fused-ring (bicyclic) bond motifs is 1. The molecule has 2 aliphatic rings. The second-order valence-corrected chi connectivity index (χ2v) is 9.28. The molecule has 0 unspecified atom stereocenters. The minimum Gasteiger partial charge on any atom is -0.493 e. The summed E-state index contributed by atoms with van der Waals surface area (Å²) in [6, 6.07) is 7.26. The van der Waals surface area contributed by atoms with Gasteiger partial charge in [-0.25, -0.2) is 0 Å². The van der Waals surface area contributed by atoms with Gasteiger partial charge in [0.25, 0.3) is 5.91 Å². The lowest BCUT2D eigenvalue weighted by Gasteiger charge is -2.35. The normalized spacial score (nSPS) is 16.8. The summed E-state index contributed by atoms with van der Waals surface area (Å²) in [5.41, 5.74) is 3.36. The third-order valence-corrected chi connectivity index (χ3v) is 7.16. The SMILES string of the molecule is COc1cc2c(cc1OC)CCCC/C(C(=O)N1CCN(C(=O)c3cc(OC)c(OC)c(OC)c3)CC1)=C\2. The zero-order valence-corrected chi connectivity index (χ0v) is 22.8. The fourth-order valence-electron chi connectivity index (χ4n) is 5.05. The standard InChI is InChI=1S/C29H36N2O7/c1-34-23-15-19-8-6-7-9-20(14-21(19)16-24(23)35-2)28(32)30-10-12-31(13-11-30)29(33)22-17-25(36-3)27(38-5)26(18-22)37-4/h14-18H,6-13H2,1-5H3/b20-14+. The molecule has 0 saturated carbocycles. The van der Waals surface area contributed by atoms with Gasteiger partial charge in [-0.3, -0.25) is 9.59 Å². The van der Waals surface area contributed by atoms with E-state index < -0.39 is 0 Å². The van der Waals surface area contributed by atoms with Crippen molar-refractivity contribution in [2.75, 3.05) is 61.7 Å². The van der Waals surface area contributed by atoms with Crippen LogP contribution in [0, 0.1) is 0 Å². The molecule has 2 aromatic rings. The quantitative estimate of drug-likeness (QED) is 0.544. The predicted octanol–water partition coefficient (Wildman–Crippen LogP) is 3.82. The Labute approximate surface area is 223 Å². The number of carbonyl (C=O) groups is 2. The molecule has 1 saturated heterocycles. The molecule has 0 aromatic heterocycles. The van der Waals surface area contributed by atoms with E-state index >= 15 is 0 Å². The Morgan fingerprint density at radius 3 is 1.71 bits per heavy atom. The van der Waals surface area contributed by atoms with E-state index in [9.17, 15) is 9.59 Å². The van der Waals surface area contributed by atoms with E-state index in [1.807, 2.05) is 23.1 Å². The minimum absolute atomic E-state index is 0.0209. The molecule has 0 bridgehead atoms. The molecule has 2 amide bonds. The lowest BCUT2D eigenvalue weighted by Crippen LogP contribution is -2.51. The average molecular weight is 525 g/mol. The summed E-state index contributed by atoms with van der Waals surface area (Å²) in [6.45, 7) is 1.81. The van der Waals surface area contributed by atoms with E-state index in [-0.39, 0.29) is 11.8 Å². The van der Waals surface area contributed by atoms with Crippen LogP contribution in [0.15, 0.2) is 29.8 Å². The van der Waals surface area contributed by atoms with Gasteiger partial charge in [-0.2, -0.15) is 0 Å². The van der Waals surface area contributed by atoms with Gasteiger partial charge in [-0.05, 0) is 67.2 Å². The maximum atomic E-state index is 13.5. The molecular formula is C29H36N2O7. The Kier molecular flexibility index (Phi) is 8.66. The second-order valence-electron chi connectivity index (χ2n) is 9.28. The summed E-state index contributed by atoms with van der Waals surface area (Å²) < 4.78 is 27.1. The summed E-state index contributed by atoms with van der Waals surface area (Å²) in [5, 5.41) is 0. The lowest BCUT2D eigenvalue weighted by atomic mass is 9.92. The first kappa shape index (κ1) is 27.2. The van der Waals surface area contributed by atoms with Crippen molar-refractivity contribution >= 4 is 17.9 Å². The Bertz CT molecular complexity index is 1190. The summed E-state index contributed by atoms with van der Waals surface area (Å²) in [4.78, 5) is 30.4. The van der Waals surface area contributed by atoms with Crippen LogP contribution in [0.1, 0.15) is 40.7 Å². The van der Waals surface area contributed by atoms with Gasteiger partial charge in [0.1, 0.15) is 0 Å². The first-order valence-corrected chi connectivity index (χ1v) is 12.8. The van der Waals surface area contributed by atoms with E-state index in [0.29, 0.717) is 60.5 Å². The highest BCUT2D eigenvalue weighted by Crippen LogP contribution is 2.39. The number of nitrogens with zero attached hydrogens (tertiary/aromatic N) is 2. The number of hydrogen-bond acceptors (Lipinski definition) is 7. The molecule has 1 heterocycles. The average Bonchev–Trinajstić information content (AvgIpc) is 2.95. The number of rotatable bonds is 7. The van der Waals surface area contributed by atoms with Crippen LogP contribution in [-0.4, -0.2) is 83.3 Å². The number of hydrogen-bond donors (Lipinski definition) is 0. The third kappa shape index (κ3) is 5.51. The summed E-state index contributed by atoms with van der Waals surface area (Å²) in [6.07, 6.45) is 5.56. The van der Waals surface area contributed by atoms with Gasteiger partial charge in [0.05, 0.1) is 35.5 Å². The highest BCUT2D eigenvalue weighted by Gasteiger charge is 2.28. The smallest absolute Gasteiger partial charge is 0.254 e. The van der Waals surface area contributed by atoms with Crippen molar-refractivity contribution in [2.24, 2.45) is 0 Å². The molecule has 0 N–H and O–H groups in total. The van der Waals surface area contributed by atoms with Gasteiger partial charge >= 0.3 is 0 Å². The molecule has 38 heavy (non-hydrogen) atoms. The fraction of sp³-hybridized carbons (Fsp3) is 0.448. The number of aryl methyl sites for hydroxylation is 1. The molecule has 204 valence electrons. The lowest BCUT2D eigenvalue weighted by molar-refractivity contribution is -0.128. The number of carbonyl (C=O) groups excluding carboxylic acids is 2. The predicted molar refractivity (Wildman–Crippen MR) is 144 cm³/mol. The van der Waals surface area contributed by atoms with E-state index in [1.165, 1.54) is 21.3 Å². The first-order chi connectivity index (χ1) is 18.4. The Morgan fingerprint density at radius 1 is 0.632 bits per heavy atom. The summed E-state index contributed by atoms with van der Waals surface area (Å²) >= 11 is 0. The van der Waals surface area contributed by atoms with Gasteiger partial charge in [0.2, 0.25) is 11.7 Å². The van der Waals surface area contributed by atoms with Crippen LogP contribution in [0.25, 0.3) is 6.08 Å². The van der Waals surface area contributed by atoms with E-state index in [4.69, 9.17) is 23.7 Å². The molecule has 0 spiro atoms. The molecule has 2 aromatic carbocycles. The van der Waals surface area contributed by atoms with Crippen molar-refractivity contribution in [1.29, 1.82) is 0 Å². The minimum atomic E-state index is -0.142. The Balaban J connectivity index is 1.49.